The summed E-state index contributed by atoms with van der Waals surface area (Å²) in [6.07, 6.45) is 7.71. The van der Waals surface area contributed by atoms with Gasteiger partial charge in [-0.1, -0.05) is 32.6 Å². The van der Waals surface area contributed by atoms with Gasteiger partial charge in [0.05, 0.1) is 0 Å². The number of rotatable bonds is 6. The van der Waals surface area contributed by atoms with Gasteiger partial charge in [-0.2, -0.15) is 11.8 Å². The molecular weight excluding hydrogens is 230 g/mol. The van der Waals surface area contributed by atoms with Crippen molar-refractivity contribution in [3.8, 4) is 0 Å². The zero-order chi connectivity index (χ0) is 12.1. The predicted octanol–water partition coefficient (Wildman–Crippen LogP) is 3.07. The van der Waals surface area contributed by atoms with Gasteiger partial charge in [0, 0.05) is 12.5 Å². The highest BCUT2D eigenvalue weighted by Gasteiger charge is 2.22. The highest BCUT2D eigenvalue weighted by molar-refractivity contribution is 8.00. The van der Waals surface area contributed by atoms with Crippen LogP contribution in [0.15, 0.2) is 0 Å². The van der Waals surface area contributed by atoms with Crippen molar-refractivity contribution in [2.75, 3.05) is 18.1 Å². The summed E-state index contributed by atoms with van der Waals surface area (Å²) in [6, 6.07) is 0. The minimum Gasteiger partial charge on any atom is -0.356 e. The molecule has 1 amide bonds. The molecule has 1 heterocycles. The fourth-order valence-corrected chi connectivity index (χ4v) is 3.78. The van der Waals surface area contributed by atoms with E-state index in [4.69, 9.17) is 0 Å². The van der Waals surface area contributed by atoms with Crippen LogP contribution < -0.4 is 5.32 Å². The Labute approximate surface area is 109 Å². The van der Waals surface area contributed by atoms with Crippen molar-refractivity contribution in [3.63, 3.8) is 0 Å². The van der Waals surface area contributed by atoms with Gasteiger partial charge < -0.3 is 5.32 Å². The maximum absolute atomic E-state index is 11.9. The Kier molecular flexibility index (Phi) is 5.20. The van der Waals surface area contributed by atoms with Crippen LogP contribution in [0.4, 0.5) is 0 Å². The standard InChI is InChI=1S/C14H25NOS/c1-11(8-12-4-2-3-5-12)14(16)15-7-6-13-9-17-10-13/h11-13H,2-10H2,1H3,(H,15,16)/t11-/m0/s1. The van der Waals surface area contributed by atoms with Gasteiger partial charge in [-0.3, -0.25) is 4.79 Å². The van der Waals surface area contributed by atoms with Crippen LogP contribution in [0.5, 0.6) is 0 Å². The Morgan fingerprint density at radius 1 is 1.29 bits per heavy atom. The first-order valence-electron chi connectivity index (χ1n) is 7.11. The van der Waals surface area contributed by atoms with Crippen molar-refractivity contribution >= 4 is 17.7 Å². The molecule has 0 bridgehead atoms. The second kappa shape index (κ2) is 6.67. The smallest absolute Gasteiger partial charge is 0.222 e. The van der Waals surface area contributed by atoms with Crippen molar-refractivity contribution in [2.45, 2.75) is 45.4 Å². The Morgan fingerprint density at radius 3 is 2.59 bits per heavy atom. The van der Waals surface area contributed by atoms with Crippen LogP contribution in [-0.2, 0) is 4.79 Å². The van der Waals surface area contributed by atoms with Gasteiger partial charge in [-0.05, 0) is 36.2 Å². The molecule has 98 valence electrons. The van der Waals surface area contributed by atoms with Gasteiger partial charge in [-0.25, -0.2) is 0 Å². The average molecular weight is 255 g/mol. The Morgan fingerprint density at radius 2 is 2.00 bits per heavy atom. The van der Waals surface area contributed by atoms with Crippen LogP contribution in [0.3, 0.4) is 0 Å². The van der Waals surface area contributed by atoms with Crippen molar-refractivity contribution in [2.24, 2.45) is 17.8 Å². The van der Waals surface area contributed by atoms with Crippen LogP contribution in [0, 0.1) is 17.8 Å². The van der Waals surface area contributed by atoms with E-state index >= 15 is 0 Å². The molecule has 0 radical (unpaired) electrons. The first-order valence-corrected chi connectivity index (χ1v) is 8.26. The Balaban J connectivity index is 1.57. The Hall–Kier alpha value is -0.180. The van der Waals surface area contributed by atoms with Gasteiger partial charge in [0.15, 0.2) is 0 Å². The lowest BCUT2D eigenvalue weighted by molar-refractivity contribution is -0.125. The molecule has 1 N–H and O–H groups in total. The van der Waals surface area contributed by atoms with Crippen LogP contribution in [0.1, 0.15) is 45.4 Å². The molecule has 17 heavy (non-hydrogen) atoms. The summed E-state index contributed by atoms with van der Waals surface area (Å²) < 4.78 is 0. The Bertz CT molecular complexity index is 247. The van der Waals surface area contributed by atoms with E-state index in [0.717, 1.165) is 24.8 Å². The average Bonchev–Trinajstić information content (AvgIpc) is 2.74. The molecular formula is C14H25NOS. The molecule has 0 aromatic carbocycles. The normalized spacial score (nSPS) is 23.4. The number of nitrogens with one attached hydrogen (secondary N) is 1. The fraction of sp³-hybridized carbons (Fsp3) is 0.929. The highest BCUT2D eigenvalue weighted by atomic mass is 32.2. The lowest BCUT2D eigenvalue weighted by atomic mass is 9.94. The van der Waals surface area contributed by atoms with Gasteiger partial charge in [0.2, 0.25) is 5.91 Å². The van der Waals surface area contributed by atoms with Crippen molar-refractivity contribution in [1.29, 1.82) is 0 Å². The predicted molar refractivity (Wildman–Crippen MR) is 74.2 cm³/mol. The van der Waals surface area contributed by atoms with E-state index in [0.29, 0.717) is 0 Å². The van der Waals surface area contributed by atoms with Gasteiger partial charge in [0.1, 0.15) is 0 Å². The highest BCUT2D eigenvalue weighted by Crippen LogP contribution is 2.30. The van der Waals surface area contributed by atoms with Gasteiger partial charge in [-0.15, -0.1) is 0 Å². The molecule has 1 saturated heterocycles. The molecule has 0 aromatic heterocycles. The monoisotopic (exact) mass is 255 g/mol. The molecule has 3 heteroatoms. The molecule has 0 spiro atoms. The summed E-state index contributed by atoms with van der Waals surface area (Å²) in [5, 5.41) is 3.11. The van der Waals surface area contributed by atoms with E-state index < -0.39 is 0 Å². The fourth-order valence-electron chi connectivity index (χ4n) is 2.88. The lowest BCUT2D eigenvalue weighted by Crippen LogP contribution is -2.33. The number of carbonyl (C=O) groups is 1. The number of amides is 1. The summed E-state index contributed by atoms with van der Waals surface area (Å²) in [5.74, 6) is 4.78. The minimum atomic E-state index is 0.217. The van der Waals surface area contributed by atoms with Crippen LogP contribution >= 0.6 is 11.8 Å². The first-order chi connectivity index (χ1) is 8.25. The van der Waals surface area contributed by atoms with E-state index in [1.165, 1.54) is 43.6 Å². The minimum absolute atomic E-state index is 0.217. The lowest BCUT2D eigenvalue weighted by Gasteiger charge is -2.25. The third kappa shape index (κ3) is 4.20. The molecule has 2 fully saturated rings. The quantitative estimate of drug-likeness (QED) is 0.790. The van der Waals surface area contributed by atoms with Gasteiger partial charge >= 0.3 is 0 Å². The second-order valence-corrected chi connectivity index (χ2v) is 6.85. The summed E-state index contributed by atoms with van der Waals surface area (Å²) in [5.41, 5.74) is 0. The van der Waals surface area contributed by atoms with Crippen molar-refractivity contribution in [3.05, 3.63) is 0 Å². The molecule has 1 aliphatic heterocycles. The summed E-state index contributed by atoms with van der Waals surface area (Å²) in [6.45, 7) is 2.98. The summed E-state index contributed by atoms with van der Waals surface area (Å²) >= 11 is 2.02. The number of hydrogen-bond donors (Lipinski definition) is 1. The number of carbonyl (C=O) groups excluding carboxylic acids is 1. The maximum Gasteiger partial charge on any atom is 0.222 e. The molecule has 1 aliphatic carbocycles. The summed E-state index contributed by atoms with van der Waals surface area (Å²) in [7, 11) is 0. The molecule has 2 aliphatic rings. The van der Waals surface area contributed by atoms with E-state index in [-0.39, 0.29) is 11.8 Å². The first kappa shape index (κ1) is 13.3. The second-order valence-electron chi connectivity index (χ2n) is 5.77. The van der Waals surface area contributed by atoms with Crippen LogP contribution in [0.25, 0.3) is 0 Å². The molecule has 0 unspecified atom stereocenters. The topological polar surface area (TPSA) is 29.1 Å². The zero-order valence-corrected chi connectivity index (χ0v) is 11.7. The van der Waals surface area contributed by atoms with Crippen LogP contribution in [-0.4, -0.2) is 24.0 Å². The molecule has 1 atom stereocenters. The molecule has 0 aromatic rings. The van der Waals surface area contributed by atoms with Crippen molar-refractivity contribution < 1.29 is 4.79 Å². The number of hydrogen-bond acceptors (Lipinski definition) is 2. The van der Waals surface area contributed by atoms with E-state index in [2.05, 4.69) is 12.2 Å². The number of thioether (sulfide) groups is 1. The van der Waals surface area contributed by atoms with E-state index in [9.17, 15) is 4.79 Å². The third-order valence-electron chi connectivity index (χ3n) is 4.17. The van der Waals surface area contributed by atoms with E-state index in [1.54, 1.807) is 0 Å². The van der Waals surface area contributed by atoms with Crippen molar-refractivity contribution in [1.82, 2.24) is 5.32 Å². The van der Waals surface area contributed by atoms with Crippen LogP contribution in [0.2, 0.25) is 0 Å². The maximum atomic E-state index is 11.9. The third-order valence-corrected chi connectivity index (χ3v) is 5.58. The van der Waals surface area contributed by atoms with E-state index in [1.807, 2.05) is 11.8 Å². The van der Waals surface area contributed by atoms with Gasteiger partial charge in [0.25, 0.3) is 0 Å². The molecule has 2 rings (SSSR count). The largest absolute Gasteiger partial charge is 0.356 e. The molecule has 1 saturated carbocycles. The zero-order valence-electron chi connectivity index (χ0n) is 10.9. The summed E-state index contributed by atoms with van der Waals surface area (Å²) in [4.78, 5) is 11.9. The SMILES string of the molecule is C[C@@H](CC1CCCC1)C(=O)NCCC1CSC1. The molecule has 2 nitrogen and oxygen atoms in total.